The number of rotatable bonds is 1. The zero-order valence-corrected chi connectivity index (χ0v) is 7.90. The third-order valence-electron chi connectivity index (χ3n) is 2.36. The maximum Gasteiger partial charge on any atom is 0.0745 e. The number of thiophene rings is 1. The SMILES string of the molecule is Cc1cc(C2CNCC2O)cs1. The van der Waals surface area contributed by atoms with Gasteiger partial charge in [-0.25, -0.2) is 0 Å². The van der Waals surface area contributed by atoms with E-state index in [-0.39, 0.29) is 6.10 Å². The van der Waals surface area contributed by atoms with Crippen LogP contribution in [-0.4, -0.2) is 24.3 Å². The molecule has 12 heavy (non-hydrogen) atoms. The van der Waals surface area contributed by atoms with Gasteiger partial charge in [-0.15, -0.1) is 11.3 Å². The Bertz CT molecular complexity index is 271. The highest BCUT2D eigenvalue weighted by Crippen LogP contribution is 2.26. The van der Waals surface area contributed by atoms with E-state index in [9.17, 15) is 5.11 Å². The Hall–Kier alpha value is -0.380. The van der Waals surface area contributed by atoms with E-state index in [1.807, 2.05) is 0 Å². The molecule has 2 atom stereocenters. The second-order valence-corrected chi connectivity index (χ2v) is 4.44. The van der Waals surface area contributed by atoms with Crippen LogP contribution in [0.2, 0.25) is 0 Å². The number of hydrogen-bond donors (Lipinski definition) is 2. The normalized spacial score (nSPS) is 29.5. The Morgan fingerprint density at radius 2 is 2.42 bits per heavy atom. The van der Waals surface area contributed by atoms with Crippen LogP contribution < -0.4 is 5.32 Å². The van der Waals surface area contributed by atoms with Crippen LogP contribution in [0.1, 0.15) is 16.4 Å². The minimum Gasteiger partial charge on any atom is -0.391 e. The van der Waals surface area contributed by atoms with Gasteiger partial charge in [0.15, 0.2) is 0 Å². The van der Waals surface area contributed by atoms with Crippen LogP contribution in [0.5, 0.6) is 0 Å². The Kier molecular flexibility index (Phi) is 2.17. The molecule has 2 nitrogen and oxygen atoms in total. The molecule has 0 aromatic carbocycles. The summed E-state index contributed by atoms with van der Waals surface area (Å²) in [5.74, 6) is 0.315. The van der Waals surface area contributed by atoms with Crippen LogP contribution in [0, 0.1) is 6.92 Å². The lowest BCUT2D eigenvalue weighted by Crippen LogP contribution is -2.15. The summed E-state index contributed by atoms with van der Waals surface area (Å²) in [4.78, 5) is 1.32. The van der Waals surface area contributed by atoms with Gasteiger partial charge in [0.2, 0.25) is 0 Å². The molecular weight excluding hydrogens is 170 g/mol. The minimum atomic E-state index is -0.195. The van der Waals surface area contributed by atoms with Crippen LogP contribution in [0.15, 0.2) is 11.4 Å². The summed E-state index contributed by atoms with van der Waals surface area (Å²) in [7, 11) is 0. The second-order valence-electron chi connectivity index (χ2n) is 3.32. The van der Waals surface area contributed by atoms with Gasteiger partial charge in [-0.2, -0.15) is 0 Å². The average Bonchev–Trinajstić information content (AvgIpc) is 2.58. The number of nitrogens with one attached hydrogen (secondary N) is 1. The minimum absolute atomic E-state index is 0.195. The van der Waals surface area contributed by atoms with Gasteiger partial charge in [0, 0.05) is 23.9 Å². The monoisotopic (exact) mass is 183 g/mol. The molecule has 1 fully saturated rings. The van der Waals surface area contributed by atoms with E-state index < -0.39 is 0 Å². The van der Waals surface area contributed by atoms with E-state index in [4.69, 9.17) is 0 Å². The topological polar surface area (TPSA) is 32.3 Å². The summed E-state index contributed by atoms with van der Waals surface area (Å²) in [6, 6.07) is 2.17. The zero-order chi connectivity index (χ0) is 8.55. The van der Waals surface area contributed by atoms with E-state index in [1.54, 1.807) is 11.3 Å². The van der Waals surface area contributed by atoms with Crippen LogP contribution in [0.25, 0.3) is 0 Å². The second kappa shape index (κ2) is 3.17. The van der Waals surface area contributed by atoms with E-state index in [2.05, 4.69) is 23.7 Å². The van der Waals surface area contributed by atoms with Crippen molar-refractivity contribution in [3.8, 4) is 0 Å². The molecule has 0 radical (unpaired) electrons. The summed E-state index contributed by atoms with van der Waals surface area (Å²) < 4.78 is 0. The van der Waals surface area contributed by atoms with Crippen molar-refractivity contribution in [3.05, 3.63) is 21.9 Å². The van der Waals surface area contributed by atoms with Gasteiger partial charge in [0.25, 0.3) is 0 Å². The van der Waals surface area contributed by atoms with Gasteiger partial charge in [-0.3, -0.25) is 0 Å². The fraction of sp³-hybridized carbons (Fsp3) is 0.556. The predicted molar refractivity (Wildman–Crippen MR) is 50.7 cm³/mol. The fourth-order valence-electron chi connectivity index (χ4n) is 1.66. The molecule has 2 unspecified atom stereocenters. The summed E-state index contributed by atoms with van der Waals surface area (Å²) in [5, 5.41) is 14.9. The standard InChI is InChI=1S/C9H13NOS/c1-6-2-7(5-12-6)8-3-10-4-9(8)11/h2,5,8-11H,3-4H2,1H3. The number of β-amino-alcohol motifs (C(OH)–C–C–N with tert-alkyl or cyclic N) is 1. The first-order valence-electron chi connectivity index (χ1n) is 4.21. The molecule has 0 bridgehead atoms. The molecule has 1 aromatic heterocycles. The maximum atomic E-state index is 9.59. The van der Waals surface area contributed by atoms with Crippen molar-refractivity contribution in [3.63, 3.8) is 0 Å². The van der Waals surface area contributed by atoms with Crippen molar-refractivity contribution >= 4 is 11.3 Å². The Balaban J connectivity index is 2.19. The van der Waals surface area contributed by atoms with Gasteiger partial charge < -0.3 is 10.4 Å². The molecule has 3 heteroatoms. The highest BCUT2D eigenvalue weighted by Gasteiger charge is 2.26. The van der Waals surface area contributed by atoms with Crippen LogP contribution in [0.4, 0.5) is 0 Å². The first-order chi connectivity index (χ1) is 5.77. The summed E-state index contributed by atoms with van der Waals surface area (Å²) in [6.45, 7) is 3.75. The van der Waals surface area contributed by atoms with Gasteiger partial charge in [-0.1, -0.05) is 0 Å². The van der Waals surface area contributed by atoms with Gasteiger partial charge in [0.1, 0.15) is 0 Å². The van der Waals surface area contributed by atoms with Crippen molar-refractivity contribution in [2.45, 2.75) is 18.9 Å². The van der Waals surface area contributed by atoms with Gasteiger partial charge in [-0.05, 0) is 23.9 Å². The molecule has 2 N–H and O–H groups in total. The van der Waals surface area contributed by atoms with Crippen LogP contribution >= 0.6 is 11.3 Å². The van der Waals surface area contributed by atoms with E-state index >= 15 is 0 Å². The highest BCUT2D eigenvalue weighted by atomic mass is 32.1. The van der Waals surface area contributed by atoms with E-state index in [0.29, 0.717) is 5.92 Å². The average molecular weight is 183 g/mol. The summed E-state index contributed by atoms with van der Waals surface area (Å²) >= 11 is 1.75. The van der Waals surface area contributed by atoms with Crippen molar-refractivity contribution in [2.24, 2.45) is 0 Å². The third kappa shape index (κ3) is 1.40. The molecular formula is C9H13NOS. The van der Waals surface area contributed by atoms with Crippen molar-refractivity contribution in [1.29, 1.82) is 0 Å². The predicted octanol–water partition coefficient (Wildman–Crippen LogP) is 1.10. The summed E-state index contributed by atoms with van der Waals surface area (Å²) in [5.41, 5.74) is 1.29. The molecule has 2 heterocycles. The van der Waals surface area contributed by atoms with E-state index in [1.165, 1.54) is 10.4 Å². The van der Waals surface area contributed by atoms with Crippen molar-refractivity contribution < 1.29 is 5.11 Å². The number of aliphatic hydroxyl groups is 1. The Morgan fingerprint density at radius 1 is 1.58 bits per heavy atom. The zero-order valence-electron chi connectivity index (χ0n) is 7.08. The first kappa shape index (κ1) is 8.23. The highest BCUT2D eigenvalue weighted by molar-refractivity contribution is 7.10. The molecule has 66 valence electrons. The smallest absolute Gasteiger partial charge is 0.0745 e. The van der Waals surface area contributed by atoms with Gasteiger partial charge in [0.05, 0.1) is 6.10 Å². The number of aliphatic hydroxyl groups excluding tert-OH is 1. The third-order valence-corrected chi connectivity index (χ3v) is 3.24. The quantitative estimate of drug-likeness (QED) is 0.683. The molecule has 1 aliphatic heterocycles. The lowest BCUT2D eigenvalue weighted by atomic mass is 9.99. The lowest BCUT2D eigenvalue weighted by molar-refractivity contribution is 0.178. The number of aryl methyl sites for hydroxylation is 1. The van der Waals surface area contributed by atoms with Crippen molar-refractivity contribution in [2.75, 3.05) is 13.1 Å². The van der Waals surface area contributed by atoms with Crippen LogP contribution in [-0.2, 0) is 0 Å². The van der Waals surface area contributed by atoms with E-state index in [0.717, 1.165) is 13.1 Å². The Morgan fingerprint density at radius 3 is 2.92 bits per heavy atom. The number of hydrogen-bond acceptors (Lipinski definition) is 3. The largest absolute Gasteiger partial charge is 0.391 e. The molecule has 0 aliphatic carbocycles. The molecule has 1 aliphatic rings. The first-order valence-corrected chi connectivity index (χ1v) is 5.09. The maximum absolute atomic E-state index is 9.59. The Labute approximate surface area is 76.2 Å². The van der Waals surface area contributed by atoms with Gasteiger partial charge >= 0.3 is 0 Å². The lowest BCUT2D eigenvalue weighted by Gasteiger charge is -2.10. The van der Waals surface area contributed by atoms with Crippen LogP contribution in [0.3, 0.4) is 0 Å². The summed E-state index contributed by atoms with van der Waals surface area (Å²) in [6.07, 6.45) is -0.195. The molecule has 0 spiro atoms. The molecule has 0 amide bonds. The molecule has 0 saturated carbocycles. The molecule has 1 aromatic rings. The fourth-order valence-corrected chi connectivity index (χ4v) is 2.43. The molecule has 2 rings (SSSR count). The molecule has 1 saturated heterocycles. The van der Waals surface area contributed by atoms with Crippen molar-refractivity contribution in [1.82, 2.24) is 5.32 Å².